The van der Waals surface area contributed by atoms with Gasteiger partial charge in [0.25, 0.3) is 0 Å². The van der Waals surface area contributed by atoms with Crippen LogP contribution >= 0.6 is 11.6 Å². The van der Waals surface area contributed by atoms with E-state index in [0.29, 0.717) is 23.4 Å². The van der Waals surface area contributed by atoms with Crippen molar-refractivity contribution in [2.24, 2.45) is 5.92 Å². The van der Waals surface area contributed by atoms with E-state index in [1.165, 1.54) is 0 Å². The van der Waals surface area contributed by atoms with Crippen molar-refractivity contribution in [3.8, 4) is 0 Å². The highest BCUT2D eigenvalue weighted by Gasteiger charge is 2.25. The van der Waals surface area contributed by atoms with Gasteiger partial charge in [-0.2, -0.15) is 0 Å². The summed E-state index contributed by atoms with van der Waals surface area (Å²) in [5, 5.41) is 10.3. The minimum absolute atomic E-state index is 0.293. The van der Waals surface area contributed by atoms with E-state index >= 15 is 0 Å². The van der Waals surface area contributed by atoms with Crippen molar-refractivity contribution in [3.63, 3.8) is 0 Å². The van der Waals surface area contributed by atoms with Crippen LogP contribution in [0.3, 0.4) is 0 Å². The van der Waals surface area contributed by atoms with Gasteiger partial charge in [-0.1, -0.05) is 18.5 Å². The third-order valence-electron chi connectivity index (χ3n) is 2.81. The molecule has 0 aromatic carbocycles. The first-order valence-electron chi connectivity index (χ1n) is 5.07. The first-order chi connectivity index (χ1) is 7.16. The topological polar surface area (TPSA) is 49.2 Å². The molecule has 4 nitrogen and oxygen atoms in total. The maximum Gasteiger partial charge on any atom is 0.225 e. The molecular formula is C10H14ClN3O. The van der Waals surface area contributed by atoms with E-state index < -0.39 is 0 Å². The molecule has 1 aliphatic heterocycles. The van der Waals surface area contributed by atoms with Gasteiger partial charge in [0.2, 0.25) is 5.95 Å². The van der Waals surface area contributed by atoms with Crippen LogP contribution in [0.4, 0.5) is 5.95 Å². The monoisotopic (exact) mass is 227 g/mol. The van der Waals surface area contributed by atoms with Crippen LogP contribution in [0.1, 0.15) is 13.3 Å². The molecule has 1 aliphatic rings. The Morgan fingerprint density at radius 1 is 1.47 bits per heavy atom. The standard InChI is InChI=1S/C10H14ClN3O/c1-7-2-3-14(6-9(7)15)10-12-4-8(11)5-13-10/h4-5,7,9,15H,2-3,6H2,1H3. The highest BCUT2D eigenvalue weighted by molar-refractivity contribution is 6.30. The van der Waals surface area contributed by atoms with Gasteiger partial charge in [-0.3, -0.25) is 0 Å². The van der Waals surface area contributed by atoms with Gasteiger partial charge in [-0.15, -0.1) is 0 Å². The van der Waals surface area contributed by atoms with Crippen LogP contribution in [0.2, 0.25) is 5.02 Å². The summed E-state index contributed by atoms with van der Waals surface area (Å²) in [5.41, 5.74) is 0. The van der Waals surface area contributed by atoms with Crippen LogP contribution in [0, 0.1) is 5.92 Å². The number of piperidine rings is 1. The summed E-state index contributed by atoms with van der Waals surface area (Å²) in [6, 6.07) is 0. The van der Waals surface area contributed by atoms with Gasteiger partial charge >= 0.3 is 0 Å². The molecule has 2 unspecified atom stereocenters. The van der Waals surface area contributed by atoms with Crippen molar-refractivity contribution in [2.75, 3.05) is 18.0 Å². The Bertz CT molecular complexity index is 330. The van der Waals surface area contributed by atoms with Crippen LogP contribution in [-0.2, 0) is 0 Å². The molecule has 1 fully saturated rings. The lowest BCUT2D eigenvalue weighted by Gasteiger charge is -2.34. The number of anilines is 1. The molecule has 0 saturated carbocycles. The number of nitrogens with zero attached hydrogens (tertiary/aromatic N) is 3. The van der Waals surface area contributed by atoms with Crippen molar-refractivity contribution >= 4 is 17.5 Å². The number of β-amino-alcohol motifs (C(OH)–C–C–N with tert-alkyl or cyclic N) is 1. The second-order valence-corrected chi connectivity index (χ2v) is 4.42. The molecule has 0 spiro atoms. The summed E-state index contributed by atoms with van der Waals surface area (Å²) in [7, 11) is 0. The van der Waals surface area contributed by atoms with E-state index in [-0.39, 0.29) is 6.10 Å². The maximum atomic E-state index is 9.74. The van der Waals surface area contributed by atoms with Gasteiger partial charge in [-0.05, 0) is 12.3 Å². The van der Waals surface area contributed by atoms with Gasteiger partial charge in [0, 0.05) is 13.1 Å². The molecule has 2 heterocycles. The lowest BCUT2D eigenvalue weighted by Crippen LogP contribution is -2.43. The summed E-state index contributed by atoms with van der Waals surface area (Å²) >= 11 is 5.71. The third kappa shape index (κ3) is 2.38. The highest BCUT2D eigenvalue weighted by Crippen LogP contribution is 2.20. The summed E-state index contributed by atoms with van der Waals surface area (Å²) in [4.78, 5) is 10.3. The van der Waals surface area contributed by atoms with Crippen molar-refractivity contribution in [3.05, 3.63) is 17.4 Å². The SMILES string of the molecule is CC1CCN(c2ncc(Cl)cn2)CC1O. The van der Waals surface area contributed by atoms with Crippen LogP contribution in [0.25, 0.3) is 0 Å². The number of halogens is 1. The molecule has 2 rings (SSSR count). The normalized spacial score (nSPS) is 26.7. The zero-order chi connectivity index (χ0) is 10.8. The fraction of sp³-hybridized carbons (Fsp3) is 0.600. The molecule has 0 amide bonds. The minimum atomic E-state index is -0.293. The first kappa shape index (κ1) is 10.6. The smallest absolute Gasteiger partial charge is 0.225 e. The Labute approximate surface area is 93.9 Å². The Morgan fingerprint density at radius 2 is 2.13 bits per heavy atom. The number of aliphatic hydroxyl groups excluding tert-OH is 1. The van der Waals surface area contributed by atoms with E-state index in [1.54, 1.807) is 12.4 Å². The van der Waals surface area contributed by atoms with Crippen LogP contribution in [-0.4, -0.2) is 34.3 Å². The Balaban J connectivity index is 2.08. The van der Waals surface area contributed by atoms with Gasteiger partial charge in [0.15, 0.2) is 0 Å². The second kappa shape index (κ2) is 4.33. The van der Waals surface area contributed by atoms with Crippen LogP contribution in [0.15, 0.2) is 12.4 Å². The van der Waals surface area contributed by atoms with Crippen molar-refractivity contribution in [1.82, 2.24) is 9.97 Å². The summed E-state index contributed by atoms with van der Waals surface area (Å²) < 4.78 is 0. The molecule has 0 bridgehead atoms. The second-order valence-electron chi connectivity index (χ2n) is 3.98. The average molecular weight is 228 g/mol. The zero-order valence-electron chi connectivity index (χ0n) is 8.60. The molecule has 1 saturated heterocycles. The number of hydrogen-bond acceptors (Lipinski definition) is 4. The summed E-state index contributed by atoms with van der Waals surface area (Å²) in [6.07, 6.45) is 3.83. The predicted molar refractivity (Wildman–Crippen MR) is 59.0 cm³/mol. The highest BCUT2D eigenvalue weighted by atomic mass is 35.5. The Kier molecular flexibility index (Phi) is 3.07. The molecule has 15 heavy (non-hydrogen) atoms. The van der Waals surface area contributed by atoms with E-state index in [2.05, 4.69) is 16.9 Å². The molecule has 1 aromatic rings. The van der Waals surface area contributed by atoms with Crippen LogP contribution in [0.5, 0.6) is 0 Å². The maximum absolute atomic E-state index is 9.74. The van der Waals surface area contributed by atoms with Crippen molar-refractivity contribution in [1.29, 1.82) is 0 Å². The third-order valence-corrected chi connectivity index (χ3v) is 3.00. The molecule has 82 valence electrons. The minimum Gasteiger partial charge on any atom is -0.391 e. The van der Waals surface area contributed by atoms with E-state index in [1.807, 2.05) is 4.90 Å². The predicted octanol–water partition coefficient (Wildman–Crippen LogP) is 1.34. The summed E-state index contributed by atoms with van der Waals surface area (Å²) in [5.74, 6) is 0.999. The first-order valence-corrected chi connectivity index (χ1v) is 5.45. The van der Waals surface area contributed by atoms with Crippen molar-refractivity contribution < 1.29 is 5.11 Å². The van der Waals surface area contributed by atoms with Gasteiger partial charge in [0.1, 0.15) is 0 Å². The van der Waals surface area contributed by atoms with E-state index in [9.17, 15) is 5.11 Å². The van der Waals surface area contributed by atoms with Crippen LogP contribution < -0.4 is 4.90 Å². The number of rotatable bonds is 1. The molecule has 2 atom stereocenters. The fourth-order valence-corrected chi connectivity index (χ4v) is 1.80. The fourth-order valence-electron chi connectivity index (χ4n) is 1.70. The molecule has 1 aromatic heterocycles. The van der Waals surface area contributed by atoms with Gasteiger partial charge in [0.05, 0.1) is 23.5 Å². The van der Waals surface area contributed by atoms with Gasteiger partial charge in [-0.25, -0.2) is 9.97 Å². The number of aromatic nitrogens is 2. The zero-order valence-corrected chi connectivity index (χ0v) is 9.35. The molecule has 5 heteroatoms. The number of hydrogen-bond donors (Lipinski definition) is 1. The average Bonchev–Trinajstić information content (AvgIpc) is 2.23. The van der Waals surface area contributed by atoms with E-state index in [4.69, 9.17) is 11.6 Å². The van der Waals surface area contributed by atoms with Crippen molar-refractivity contribution in [2.45, 2.75) is 19.4 Å². The Morgan fingerprint density at radius 3 is 2.73 bits per heavy atom. The summed E-state index contributed by atoms with van der Waals surface area (Å²) in [6.45, 7) is 3.55. The quantitative estimate of drug-likeness (QED) is 0.787. The lowest BCUT2D eigenvalue weighted by molar-refractivity contribution is 0.102. The van der Waals surface area contributed by atoms with E-state index in [0.717, 1.165) is 13.0 Å². The molecular weight excluding hydrogens is 214 g/mol. The molecule has 0 radical (unpaired) electrons. The van der Waals surface area contributed by atoms with Gasteiger partial charge < -0.3 is 10.0 Å². The number of aliphatic hydroxyl groups is 1. The lowest BCUT2D eigenvalue weighted by atomic mass is 9.96. The molecule has 0 aliphatic carbocycles. The molecule has 1 N–H and O–H groups in total. The largest absolute Gasteiger partial charge is 0.391 e. The Hall–Kier alpha value is -0.870.